The summed E-state index contributed by atoms with van der Waals surface area (Å²) in [5.41, 5.74) is 3.67. The van der Waals surface area contributed by atoms with Crippen LogP contribution in [0.1, 0.15) is 56.0 Å². The summed E-state index contributed by atoms with van der Waals surface area (Å²) in [4.78, 5) is 0. The fraction of sp³-hybridized carbons (Fsp3) is 0.786. The van der Waals surface area contributed by atoms with Gasteiger partial charge in [0.1, 0.15) is 0 Å². The van der Waals surface area contributed by atoms with Gasteiger partial charge in [0.2, 0.25) is 0 Å². The average molecular weight is 235 g/mol. The van der Waals surface area contributed by atoms with E-state index < -0.39 is 0 Å². The minimum Gasteiger partial charge on any atom is -0.310 e. The van der Waals surface area contributed by atoms with Crippen molar-refractivity contribution in [3.8, 4) is 0 Å². The molecule has 1 heterocycles. The Bertz CT molecular complexity index is 331. The third-order valence-corrected chi connectivity index (χ3v) is 4.24. The van der Waals surface area contributed by atoms with E-state index in [1.54, 1.807) is 0 Å². The number of rotatable bonds is 4. The zero-order valence-electron chi connectivity index (χ0n) is 11.3. The molecule has 2 rings (SSSR count). The van der Waals surface area contributed by atoms with Crippen molar-refractivity contribution >= 4 is 0 Å². The molecule has 3 nitrogen and oxygen atoms in total. The van der Waals surface area contributed by atoms with Gasteiger partial charge >= 0.3 is 0 Å². The molecule has 0 saturated heterocycles. The third-order valence-electron chi connectivity index (χ3n) is 4.24. The number of H-pyrrole nitrogens is 1. The van der Waals surface area contributed by atoms with Gasteiger partial charge in [-0.25, -0.2) is 0 Å². The molecule has 1 aromatic rings. The lowest BCUT2D eigenvalue weighted by Gasteiger charge is -2.28. The Morgan fingerprint density at radius 3 is 2.59 bits per heavy atom. The summed E-state index contributed by atoms with van der Waals surface area (Å²) in [7, 11) is 0. The van der Waals surface area contributed by atoms with E-state index in [2.05, 4.69) is 36.3 Å². The molecule has 1 fully saturated rings. The Labute approximate surface area is 104 Å². The van der Waals surface area contributed by atoms with Crippen molar-refractivity contribution in [2.24, 2.45) is 5.92 Å². The average Bonchev–Trinajstić information content (AvgIpc) is 2.67. The lowest BCUT2D eigenvalue weighted by atomic mass is 9.84. The van der Waals surface area contributed by atoms with Crippen molar-refractivity contribution in [3.63, 3.8) is 0 Å². The van der Waals surface area contributed by atoms with E-state index in [1.165, 1.54) is 43.4 Å². The van der Waals surface area contributed by atoms with Crippen LogP contribution in [0.15, 0.2) is 0 Å². The molecule has 96 valence electrons. The summed E-state index contributed by atoms with van der Waals surface area (Å²) in [5.74, 6) is 0.872. The van der Waals surface area contributed by atoms with Crippen LogP contribution in [0.4, 0.5) is 0 Å². The van der Waals surface area contributed by atoms with Crippen LogP contribution >= 0.6 is 0 Å². The molecular weight excluding hydrogens is 210 g/mol. The van der Waals surface area contributed by atoms with E-state index in [1.807, 2.05) is 0 Å². The fourth-order valence-electron chi connectivity index (χ4n) is 2.90. The lowest BCUT2D eigenvalue weighted by Crippen LogP contribution is -2.34. The molecule has 1 aliphatic rings. The van der Waals surface area contributed by atoms with Crippen LogP contribution in [0.5, 0.6) is 0 Å². The van der Waals surface area contributed by atoms with Crippen LogP contribution in [0.25, 0.3) is 0 Å². The first-order valence-electron chi connectivity index (χ1n) is 6.92. The molecule has 2 N–H and O–H groups in total. The number of nitrogens with one attached hydrogen (secondary N) is 2. The Kier molecular flexibility index (Phi) is 4.21. The van der Waals surface area contributed by atoms with E-state index in [9.17, 15) is 0 Å². The zero-order valence-corrected chi connectivity index (χ0v) is 11.3. The van der Waals surface area contributed by atoms with Gasteiger partial charge in [0.25, 0.3) is 0 Å². The SMILES string of the molecule is Cc1n[nH]c(C)c1CN[C@@H](C)C1CCCCC1. The van der Waals surface area contributed by atoms with Gasteiger partial charge in [-0.2, -0.15) is 5.10 Å². The summed E-state index contributed by atoms with van der Waals surface area (Å²) in [6.45, 7) is 7.46. The minimum atomic E-state index is 0.629. The predicted octanol–water partition coefficient (Wildman–Crippen LogP) is 3.08. The molecule has 0 amide bonds. The van der Waals surface area contributed by atoms with Crippen molar-refractivity contribution in [1.29, 1.82) is 0 Å². The highest BCUT2D eigenvalue weighted by Gasteiger charge is 2.20. The van der Waals surface area contributed by atoms with Gasteiger partial charge in [0.05, 0.1) is 5.69 Å². The third kappa shape index (κ3) is 3.09. The topological polar surface area (TPSA) is 40.7 Å². The van der Waals surface area contributed by atoms with Crippen LogP contribution in [-0.2, 0) is 6.54 Å². The number of aryl methyl sites for hydroxylation is 2. The number of hydrogen-bond donors (Lipinski definition) is 2. The molecule has 0 spiro atoms. The van der Waals surface area contributed by atoms with E-state index in [-0.39, 0.29) is 0 Å². The summed E-state index contributed by atoms with van der Waals surface area (Å²) in [5, 5.41) is 11.0. The molecule has 0 aliphatic heterocycles. The maximum absolute atomic E-state index is 4.24. The minimum absolute atomic E-state index is 0.629. The molecule has 1 aromatic heterocycles. The number of hydrogen-bond acceptors (Lipinski definition) is 2. The van der Waals surface area contributed by atoms with Crippen LogP contribution in [0.2, 0.25) is 0 Å². The van der Waals surface area contributed by atoms with Crippen molar-refractivity contribution in [3.05, 3.63) is 17.0 Å². The van der Waals surface area contributed by atoms with E-state index in [0.29, 0.717) is 6.04 Å². The molecular formula is C14H25N3. The van der Waals surface area contributed by atoms with Crippen molar-refractivity contribution in [2.75, 3.05) is 0 Å². The standard InChI is InChI=1S/C14H25N3/c1-10(13-7-5-4-6-8-13)15-9-14-11(2)16-17-12(14)3/h10,13,15H,4-9H2,1-3H3,(H,16,17)/t10-/m0/s1. The van der Waals surface area contributed by atoms with E-state index in [4.69, 9.17) is 0 Å². The van der Waals surface area contributed by atoms with Crippen LogP contribution in [0, 0.1) is 19.8 Å². The number of aromatic amines is 1. The van der Waals surface area contributed by atoms with Gasteiger partial charge in [-0.3, -0.25) is 5.10 Å². The summed E-state index contributed by atoms with van der Waals surface area (Å²) in [6, 6.07) is 0.629. The zero-order chi connectivity index (χ0) is 12.3. The second kappa shape index (κ2) is 5.67. The summed E-state index contributed by atoms with van der Waals surface area (Å²) < 4.78 is 0. The normalized spacial score (nSPS) is 19.5. The largest absolute Gasteiger partial charge is 0.310 e. The van der Waals surface area contributed by atoms with Gasteiger partial charge < -0.3 is 5.32 Å². The van der Waals surface area contributed by atoms with Gasteiger partial charge in [-0.05, 0) is 39.5 Å². The quantitative estimate of drug-likeness (QED) is 0.842. The highest BCUT2D eigenvalue weighted by atomic mass is 15.1. The van der Waals surface area contributed by atoms with Crippen molar-refractivity contribution < 1.29 is 0 Å². The molecule has 0 bridgehead atoms. The molecule has 3 heteroatoms. The first-order chi connectivity index (χ1) is 8.18. The highest BCUT2D eigenvalue weighted by Crippen LogP contribution is 2.26. The Morgan fingerprint density at radius 2 is 2.00 bits per heavy atom. The van der Waals surface area contributed by atoms with Gasteiger partial charge in [0, 0.05) is 23.8 Å². The Morgan fingerprint density at radius 1 is 1.29 bits per heavy atom. The smallest absolute Gasteiger partial charge is 0.0638 e. The van der Waals surface area contributed by atoms with Gasteiger partial charge in [-0.15, -0.1) is 0 Å². The summed E-state index contributed by atoms with van der Waals surface area (Å²) >= 11 is 0. The first kappa shape index (κ1) is 12.6. The Balaban J connectivity index is 1.85. The van der Waals surface area contributed by atoms with E-state index >= 15 is 0 Å². The maximum atomic E-state index is 4.24. The number of nitrogens with zero attached hydrogens (tertiary/aromatic N) is 1. The Hall–Kier alpha value is -0.830. The van der Waals surface area contributed by atoms with Crippen LogP contribution in [-0.4, -0.2) is 16.2 Å². The van der Waals surface area contributed by atoms with Gasteiger partial charge in [0.15, 0.2) is 0 Å². The monoisotopic (exact) mass is 235 g/mol. The second-order valence-electron chi connectivity index (χ2n) is 5.48. The molecule has 0 radical (unpaired) electrons. The predicted molar refractivity (Wildman–Crippen MR) is 70.9 cm³/mol. The van der Waals surface area contributed by atoms with E-state index in [0.717, 1.165) is 18.2 Å². The molecule has 1 saturated carbocycles. The van der Waals surface area contributed by atoms with Crippen LogP contribution in [0.3, 0.4) is 0 Å². The molecule has 1 atom stereocenters. The van der Waals surface area contributed by atoms with Crippen LogP contribution < -0.4 is 5.32 Å². The molecule has 0 aromatic carbocycles. The number of aromatic nitrogens is 2. The summed E-state index contributed by atoms with van der Waals surface area (Å²) in [6.07, 6.45) is 7.07. The van der Waals surface area contributed by atoms with Crippen molar-refractivity contribution in [1.82, 2.24) is 15.5 Å². The molecule has 0 unspecified atom stereocenters. The molecule has 1 aliphatic carbocycles. The first-order valence-corrected chi connectivity index (χ1v) is 6.92. The molecule has 17 heavy (non-hydrogen) atoms. The lowest BCUT2D eigenvalue weighted by molar-refractivity contribution is 0.280. The second-order valence-corrected chi connectivity index (χ2v) is 5.48. The van der Waals surface area contributed by atoms with Crippen molar-refractivity contribution in [2.45, 2.75) is 65.5 Å². The fourth-order valence-corrected chi connectivity index (χ4v) is 2.90. The maximum Gasteiger partial charge on any atom is 0.0638 e. The van der Waals surface area contributed by atoms with Gasteiger partial charge in [-0.1, -0.05) is 19.3 Å². The highest BCUT2D eigenvalue weighted by molar-refractivity contribution is 5.22.